The van der Waals surface area contributed by atoms with Gasteiger partial charge in [-0.25, -0.2) is 0 Å². The minimum atomic E-state index is -2.09. The summed E-state index contributed by atoms with van der Waals surface area (Å²) in [4.78, 5) is 12.3. The van der Waals surface area contributed by atoms with E-state index in [9.17, 15) is 4.79 Å². The van der Waals surface area contributed by atoms with Crippen LogP contribution < -0.4 is 39.0 Å². The molecule has 2 aromatic rings. The average molecular weight is 481 g/mol. The summed E-state index contributed by atoms with van der Waals surface area (Å²) in [6.07, 6.45) is 0. The van der Waals surface area contributed by atoms with Gasteiger partial charge >= 0.3 is 171 Å². The van der Waals surface area contributed by atoms with E-state index >= 15 is 0 Å². The molecule has 0 aliphatic heterocycles. The minimum Gasteiger partial charge on any atom is -1.00 e. The maximum atomic E-state index is 12.3. The van der Waals surface area contributed by atoms with Gasteiger partial charge in [-0.2, -0.15) is 0 Å². The molecule has 0 heterocycles. The van der Waals surface area contributed by atoms with Crippen molar-refractivity contribution in [3.63, 3.8) is 0 Å². The number of benzene rings is 2. The van der Waals surface area contributed by atoms with E-state index in [0.717, 1.165) is 0 Å². The van der Waals surface area contributed by atoms with Gasteiger partial charge in [0, 0.05) is 0 Å². The van der Waals surface area contributed by atoms with Crippen LogP contribution in [0, 0.1) is 5.92 Å². The number of carbonyl (C=O) groups is 1. The van der Waals surface area contributed by atoms with E-state index in [2.05, 4.69) is 92.2 Å². The fourth-order valence-corrected chi connectivity index (χ4v) is 19.4. The van der Waals surface area contributed by atoms with Gasteiger partial charge in [-0.1, -0.05) is 0 Å². The van der Waals surface area contributed by atoms with Crippen molar-refractivity contribution in [2.24, 2.45) is 5.92 Å². The molecule has 0 fully saturated rings. The summed E-state index contributed by atoms with van der Waals surface area (Å²) < 4.78 is 5.09. The predicted octanol–water partition coefficient (Wildman–Crippen LogP) is -2.54. The van der Waals surface area contributed by atoms with Crippen LogP contribution in [0.3, 0.4) is 0 Å². The molecule has 0 radical (unpaired) electrons. The zero-order valence-electron chi connectivity index (χ0n) is 17.6. The first-order chi connectivity index (χ1) is 12.9. The van der Waals surface area contributed by atoms with Crippen molar-refractivity contribution in [1.82, 2.24) is 3.80 Å². The van der Waals surface area contributed by atoms with Gasteiger partial charge in [0.05, 0.1) is 0 Å². The molecule has 1 aliphatic carbocycles. The summed E-state index contributed by atoms with van der Waals surface area (Å²) in [5.41, 5.74) is 4.31. The first kappa shape index (κ1) is 25.9. The second-order valence-corrected chi connectivity index (χ2v) is 17.2. The van der Waals surface area contributed by atoms with Crippen molar-refractivity contribution >= 4 is 22.9 Å². The first-order valence-corrected chi connectivity index (χ1v) is 15.5. The second kappa shape index (κ2) is 11.3. The molecule has 0 saturated carbocycles. The molecular formula is C23H28Cl2NOSiTi. The van der Waals surface area contributed by atoms with Crippen LogP contribution in [-0.2, 0) is 22.2 Å². The third-order valence-corrected chi connectivity index (χ3v) is 19.3. The molecule has 6 heteroatoms. The zero-order valence-corrected chi connectivity index (χ0v) is 21.8. The van der Waals surface area contributed by atoms with Crippen LogP contribution in [0.1, 0.15) is 34.6 Å². The van der Waals surface area contributed by atoms with E-state index in [1.54, 1.807) is 10.8 Å². The number of carbonyl (C=O) groups excluding carboxylic acids is 1. The molecule has 153 valence electrons. The normalized spacial score (nSPS) is 15.7. The van der Waals surface area contributed by atoms with Gasteiger partial charge in [0.1, 0.15) is 0 Å². The predicted molar refractivity (Wildman–Crippen MR) is 113 cm³/mol. The van der Waals surface area contributed by atoms with Crippen molar-refractivity contribution in [1.29, 1.82) is 0 Å². The summed E-state index contributed by atoms with van der Waals surface area (Å²) in [6, 6.07) is 21.8. The monoisotopic (exact) mass is 480 g/mol. The van der Waals surface area contributed by atoms with Crippen molar-refractivity contribution in [2.75, 3.05) is 0 Å². The van der Waals surface area contributed by atoms with E-state index in [1.807, 2.05) is 0 Å². The van der Waals surface area contributed by atoms with Crippen molar-refractivity contribution in [3.8, 4) is 0 Å². The van der Waals surface area contributed by atoms with E-state index < -0.39 is 24.0 Å². The summed E-state index contributed by atoms with van der Waals surface area (Å²) in [6.45, 7) is 9.19. The smallest absolute Gasteiger partial charge is 1.00 e. The van der Waals surface area contributed by atoms with E-state index in [-0.39, 0.29) is 30.7 Å². The van der Waals surface area contributed by atoms with E-state index in [4.69, 9.17) is 0 Å². The number of rotatable bonds is 5. The SMILES string of the molecule is CC(=O)[NH][Ti+2]([C]1=C(C)C(C)=C(C)C1C)[SiH](c1ccccc1)c1ccccc1.[Cl-].[Cl-]. The molecule has 1 aliphatic rings. The molecule has 0 saturated heterocycles. The standard InChI is InChI=1S/C12H11Si.C9H13.C2H5NO.2ClH.Ti/c1-3-7-11(8-4-1)13-12-9-5-2-6-10-12;1-6-5-7(2)9(4)8(6)3;1-2(3)4;;;/h1-10,13H;6H,1-4H3;1H3,(H2,3,4);2*1H;/q;;;;;+3/p-3. The molecule has 1 N–H and O–H groups in total. The third kappa shape index (κ3) is 5.53. The molecule has 0 spiro atoms. The van der Waals surface area contributed by atoms with E-state index in [1.165, 1.54) is 27.1 Å². The summed E-state index contributed by atoms with van der Waals surface area (Å²) >= 11 is -2.09. The largest absolute Gasteiger partial charge is 1.00 e. The minimum absolute atomic E-state index is 0. The Labute approximate surface area is 194 Å². The Balaban J connectivity index is 0.00000210. The van der Waals surface area contributed by atoms with E-state index in [0.29, 0.717) is 5.92 Å². The van der Waals surface area contributed by atoms with Crippen LogP contribution >= 0.6 is 0 Å². The topological polar surface area (TPSA) is 29.1 Å². The molecule has 0 bridgehead atoms. The fourth-order valence-electron chi connectivity index (χ4n) is 4.10. The fraction of sp³-hybridized carbons (Fsp3) is 0.261. The molecule has 2 aromatic carbocycles. The van der Waals surface area contributed by atoms with Crippen LogP contribution in [0.4, 0.5) is 0 Å². The summed E-state index contributed by atoms with van der Waals surface area (Å²) in [7, 11) is 0. The molecule has 2 nitrogen and oxygen atoms in total. The maximum absolute atomic E-state index is 12.3. The Bertz CT molecular complexity index is 860. The van der Waals surface area contributed by atoms with Crippen LogP contribution in [0.2, 0.25) is 0 Å². The molecule has 1 atom stereocenters. The van der Waals surface area contributed by atoms with Crippen molar-refractivity contribution in [3.05, 3.63) is 81.3 Å². The van der Waals surface area contributed by atoms with Crippen LogP contribution in [0.15, 0.2) is 81.3 Å². The molecular weight excluding hydrogens is 453 g/mol. The van der Waals surface area contributed by atoms with Crippen molar-refractivity contribution in [2.45, 2.75) is 34.6 Å². The summed E-state index contributed by atoms with van der Waals surface area (Å²) in [5.74, 6) is 0.554. The number of hydrogen-bond donors (Lipinski definition) is 1. The van der Waals surface area contributed by atoms with Gasteiger partial charge in [-0.15, -0.1) is 0 Å². The number of hydrogen-bond acceptors (Lipinski definition) is 1. The molecule has 29 heavy (non-hydrogen) atoms. The quantitative estimate of drug-likeness (QED) is 0.469. The summed E-state index contributed by atoms with van der Waals surface area (Å²) in [5, 5.41) is 2.87. The third-order valence-electron chi connectivity index (χ3n) is 5.80. The zero-order chi connectivity index (χ0) is 19.6. The van der Waals surface area contributed by atoms with Gasteiger partial charge in [-0.3, -0.25) is 0 Å². The number of allylic oxidation sites excluding steroid dienone is 4. The van der Waals surface area contributed by atoms with Crippen LogP contribution in [0.25, 0.3) is 0 Å². The Morgan fingerprint density at radius 1 is 0.862 bits per heavy atom. The average Bonchev–Trinajstić information content (AvgIpc) is 2.86. The van der Waals surface area contributed by atoms with Crippen LogP contribution in [-0.4, -0.2) is 12.6 Å². The molecule has 0 aromatic heterocycles. The Morgan fingerprint density at radius 2 is 1.31 bits per heavy atom. The van der Waals surface area contributed by atoms with Gasteiger partial charge in [0.2, 0.25) is 0 Å². The molecule has 1 unspecified atom stereocenters. The first-order valence-electron chi connectivity index (χ1n) is 9.55. The maximum Gasteiger partial charge on any atom is -1.00 e. The van der Waals surface area contributed by atoms with Gasteiger partial charge < -0.3 is 24.8 Å². The Hall–Kier alpha value is -1.10. The van der Waals surface area contributed by atoms with Crippen molar-refractivity contribution < 1.29 is 47.0 Å². The number of amides is 1. The Kier molecular flexibility index (Phi) is 10.1. The van der Waals surface area contributed by atoms with Crippen LogP contribution in [0.5, 0.6) is 0 Å². The molecule has 1 amide bonds. The van der Waals surface area contributed by atoms with Gasteiger partial charge in [0.25, 0.3) is 0 Å². The van der Waals surface area contributed by atoms with Gasteiger partial charge in [0.15, 0.2) is 0 Å². The Morgan fingerprint density at radius 3 is 1.66 bits per heavy atom. The molecule has 3 rings (SSSR count). The number of halogens is 2. The second-order valence-electron chi connectivity index (χ2n) is 7.42. The van der Waals surface area contributed by atoms with Gasteiger partial charge in [-0.05, 0) is 0 Å². The number of nitrogens with one attached hydrogen (secondary N) is 1.